The van der Waals surface area contributed by atoms with E-state index in [-0.39, 0.29) is 11.7 Å². The van der Waals surface area contributed by atoms with Crippen LogP contribution in [0.3, 0.4) is 0 Å². The largest absolute Gasteiger partial charge is 0.504 e. The lowest BCUT2D eigenvalue weighted by molar-refractivity contribution is -0.113. The third kappa shape index (κ3) is 4.51. The Labute approximate surface area is 169 Å². The van der Waals surface area contributed by atoms with E-state index in [4.69, 9.17) is 4.74 Å². The number of amides is 3. The van der Waals surface area contributed by atoms with Crippen LogP contribution in [0.25, 0.3) is 0 Å². The fourth-order valence-corrected chi connectivity index (χ4v) is 3.47. The number of hydrogen-bond donors (Lipinski definition) is 4. The van der Waals surface area contributed by atoms with E-state index in [9.17, 15) is 14.7 Å². The molecule has 2 aromatic carbocycles. The molecule has 1 atom stereocenters. The Morgan fingerprint density at radius 3 is 2.48 bits per heavy atom. The van der Waals surface area contributed by atoms with Crippen LogP contribution in [0.4, 0.5) is 10.5 Å². The van der Waals surface area contributed by atoms with Gasteiger partial charge < -0.3 is 25.8 Å². The van der Waals surface area contributed by atoms with Crippen molar-refractivity contribution in [1.29, 1.82) is 0 Å². The first-order valence-electron chi connectivity index (χ1n) is 9.42. The van der Waals surface area contributed by atoms with Gasteiger partial charge in [0.1, 0.15) is 0 Å². The number of allylic oxidation sites excluding steroid dienone is 1. The molecular weight excluding hydrogens is 370 g/mol. The number of carbonyl (C=O) groups excluding carboxylic acids is 2. The molecule has 0 unspecified atom stereocenters. The smallest absolute Gasteiger partial charge is 0.319 e. The fourth-order valence-electron chi connectivity index (χ4n) is 3.47. The molecule has 0 saturated heterocycles. The first kappa shape index (κ1) is 20.3. The van der Waals surface area contributed by atoms with Crippen LogP contribution in [0.15, 0.2) is 47.7 Å². The number of aromatic hydroxyl groups is 1. The van der Waals surface area contributed by atoms with Gasteiger partial charge in [0, 0.05) is 11.4 Å². The normalized spacial score (nSPS) is 16.1. The summed E-state index contributed by atoms with van der Waals surface area (Å²) in [6.45, 7) is 7.80. The van der Waals surface area contributed by atoms with E-state index in [2.05, 4.69) is 16.0 Å². The molecule has 0 spiro atoms. The van der Waals surface area contributed by atoms with Crippen molar-refractivity contribution >= 4 is 17.6 Å². The summed E-state index contributed by atoms with van der Waals surface area (Å²) in [6.07, 6.45) is 0. The third-order valence-corrected chi connectivity index (χ3v) is 4.61. The summed E-state index contributed by atoms with van der Waals surface area (Å²) in [4.78, 5) is 25.2. The van der Waals surface area contributed by atoms with E-state index in [1.54, 1.807) is 19.1 Å². The second-order valence-electron chi connectivity index (χ2n) is 7.06. The van der Waals surface area contributed by atoms with Gasteiger partial charge in [0.2, 0.25) is 0 Å². The van der Waals surface area contributed by atoms with E-state index >= 15 is 0 Å². The molecule has 1 aliphatic rings. The number of phenolic OH excluding ortho intramolecular Hbond substituents is 1. The predicted octanol–water partition coefficient (Wildman–Crippen LogP) is 3.67. The summed E-state index contributed by atoms with van der Waals surface area (Å²) in [5.41, 5.74) is 4.24. The van der Waals surface area contributed by atoms with Gasteiger partial charge in [0.05, 0.1) is 18.2 Å². The number of carbonyl (C=O) groups is 2. The Morgan fingerprint density at radius 1 is 1.14 bits per heavy atom. The minimum absolute atomic E-state index is 0.00204. The highest BCUT2D eigenvalue weighted by molar-refractivity contribution is 6.06. The Balaban J connectivity index is 1.97. The number of aryl methyl sites for hydroxylation is 2. The third-order valence-electron chi connectivity index (χ3n) is 4.61. The second kappa shape index (κ2) is 8.26. The molecule has 4 N–H and O–H groups in total. The molecule has 7 heteroatoms. The molecule has 3 amide bonds. The average Bonchev–Trinajstić information content (AvgIpc) is 2.62. The Kier molecular flexibility index (Phi) is 5.77. The van der Waals surface area contributed by atoms with E-state index in [1.807, 2.05) is 39.0 Å². The highest BCUT2D eigenvalue weighted by Crippen LogP contribution is 2.34. The highest BCUT2D eigenvalue weighted by atomic mass is 16.5. The lowest BCUT2D eigenvalue weighted by atomic mass is 9.94. The Morgan fingerprint density at radius 2 is 1.83 bits per heavy atom. The minimum atomic E-state index is -0.686. The number of anilines is 1. The van der Waals surface area contributed by atoms with E-state index in [1.165, 1.54) is 6.07 Å². The molecule has 0 fully saturated rings. The van der Waals surface area contributed by atoms with Gasteiger partial charge in [-0.25, -0.2) is 4.79 Å². The Hall–Kier alpha value is -3.48. The fraction of sp³-hybridized carbons (Fsp3) is 0.273. The topological polar surface area (TPSA) is 99.7 Å². The molecule has 1 heterocycles. The number of phenols is 1. The van der Waals surface area contributed by atoms with Crippen LogP contribution < -0.4 is 20.7 Å². The van der Waals surface area contributed by atoms with Crippen LogP contribution in [-0.2, 0) is 4.79 Å². The van der Waals surface area contributed by atoms with Gasteiger partial charge in [0.25, 0.3) is 5.91 Å². The van der Waals surface area contributed by atoms with Crippen molar-refractivity contribution in [2.75, 3.05) is 11.9 Å². The number of nitrogens with one attached hydrogen (secondary N) is 3. The van der Waals surface area contributed by atoms with Gasteiger partial charge in [0.15, 0.2) is 11.5 Å². The minimum Gasteiger partial charge on any atom is -0.504 e. The molecule has 2 aromatic rings. The molecule has 3 rings (SSSR count). The zero-order valence-electron chi connectivity index (χ0n) is 16.9. The molecule has 0 saturated carbocycles. The molecule has 0 aliphatic carbocycles. The summed E-state index contributed by atoms with van der Waals surface area (Å²) >= 11 is 0. The van der Waals surface area contributed by atoms with Crippen LogP contribution >= 0.6 is 0 Å². The average molecular weight is 395 g/mol. The predicted molar refractivity (Wildman–Crippen MR) is 111 cm³/mol. The zero-order chi connectivity index (χ0) is 21.1. The lowest BCUT2D eigenvalue weighted by Crippen LogP contribution is -2.46. The summed E-state index contributed by atoms with van der Waals surface area (Å²) in [7, 11) is 0. The maximum absolute atomic E-state index is 13.1. The number of urea groups is 1. The van der Waals surface area contributed by atoms with Crippen LogP contribution in [0, 0.1) is 13.8 Å². The molecule has 0 aromatic heterocycles. The van der Waals surface area contributed by atoms with Crippen molar-refractivity contribution < 1.29 is 19.4 Å². The number of rotatable bonds is 5. The lowest BCUT2D eigenvalue weighted by Gasteiger charge is -2.29. The van der Waals surface area contributed by atoms with Gasteiger partial charge in [-0.2, -0.15) is 0 Å². The first-order valence-corrected chi connectivity index (χ1v) is 9.42. The monoisotopic (exact) mass is 395 g/mol. The van der Waals surface area contributed by atoms with Gasteiger partial charge in [-0.05, 0) is 68.7 Å². The van der Waals surface area contributed by atoms with E-state index < -0.39 is 12.1 Å². The number of benzene rings is 2. The van der Waals surface area contributed by atoms with Gasteiger partial charge >= 0.3 is 6.03 Å². The summed E-state index contributed by atoms with van der Waals surface area (Å²) < 4.78 is 5.44. The van der Waals surface area contributed by atoms with Gasteiger partial charge in [-0.15, -0.1) is 0 Å². The second-order valence-corrected chi connectivity index (χ2v) is 7.06. The molecule has 0 bridgehead atoms. The molecule has 1 aliphatic heterocycles. The Bertz CT molecular complexity index is 977. The van der Waals surface area contributed by atoms with Crippen molar-refractivity contribution in [3.8, 4) is 11.5 Å². The van der Waals surface area contributed by atoms with Crippen LogP contribution in [-0.4, -0.2) is 23.7 Å². The van der Waals surface area contributed by atoms with Gasteiger partial charge in [-0.3, -0.25) is 4.79 Å². The molecule has 0 radical (unpaired) electrons. The van der Waals surface area contributed by atoms with Crippen molar-refractivity contribution in [2.24, 2.45) is 0 Å². The molecule has 7 nitrogen and oxygen atoms in total. The number of hydrogen-bond acceptors (Lipinski definition) is 4. The SMILES string of the molecule is CCOc1cc([C@H]2NC(=O)NC(C)=C2C(=O)Nc2cc(C)cc(C)c2)ccc1O. The zero-order valence-corrected chi connectivity index (χ0v) is 16.9. The summed E-state index contributed by atoms with van der Waals surface area (Å²) in [6, 6.07) is 9.49. The standard InChI is InChI=1S/C22H25N3O4/c1-5-29-18-11-15(6-7-17(18)26)20-19(14(4)23-22(28)25-20)21(27)24-16-9-12(2)8-13(3)10-16/h6-11,20,26H,5H2,1-4H3,(H,24,27)(H2,23,25,28)/t20-/m1/s1. The quantitative estimate of drug-likeness (QED) is 0.621. The number of ether oxygens (including phenoxy) is 1. The van der Waals surface area contributed by atoms with Crippen LogP contribution in [0.5, 0.6) is 11.5 Å². The van der Waals surface area contributed by atoms with Crippen molar-refractivity contribution in [3.63, 3.8) is 0 Å². The van der Waals surface area contributed by atoms with Crippen molar-refractivity contribution in [2.45, 2.75) is 33.7 Å². The van der Waals surface area contributed by atoms with Gasteiger partial charge in [-0.1, -0.05) is 12.1 Å². The summed E-state index contributed by atoms with van der Waals surface area (Å²) in [5, 5.41) is 18.3. The summed E-state index contributed by atoms with van der Waals surface area (Å²) in [5.74, 6) is -0.0293. The van der Waals surface area contributed by atoms with E-state index in [0.717, 1.165) is 11.1 Å². The van der Waals surface area contributed by atoms with Crippen molar-refractivity contribution in [3.05, 3.63) is 64.4 Å². The highest BCUT2D eigenvalue weighted by Gasteiger charge is 2.31. The molecule has 152 valence electrons. The van der Waals surface area contributed by atoms with Crippen LogP contribution in [0.1, 0.15) is 36.6 Å². The maximum Gasteiger partial charge on any atom is 0.319 e. The molecular formula is C22H25N3O4. The molecule has 29 heavy (non-hydrogen) atoms. The maximum atomic E-state index is 13.1. The van der Waals surface area contributed by atoms with Crippen LogP contribution in [0.2, 0.25) is 0 Å². The van der Waals surface area contributed by atoms with E-state index in [0.29, 0.717) is 34.9 Å². The first-order chi connectivity index (χ1) is 13.8. The van der Waals surface area contributed by atoms with Crippen molar-refractivity contribution in [1.82, 2.24) is 10.6 Å².